The number of carboxylic acid groups (broad SMARTS) is 1. The van der Waals surface area contributed by atoms with E-state index in [-0.39, 0.29) is 30.7 Å². The van der Waals surface area contributed by atoms with E-state index in [0.29, 0.717) is 25.8 Å². The zero-order chi connectivity index (χ0) is 27.7. The van der Waals surface area contributed by atoms with E-state index in [0.717, 1.165) is 29.4 Å². The molecule has 11 nitrogen and oxygen atoms in total. The van der Waals surface area contributed by atoms with Crippen LogP contribution in [0, 0.1) is 5.92 Å². The van der Waals surface area contributed by atoms with E-state index in [1.807, 2.05) is 30.5 Å². The monoisotopic (exact) mass is 528 g/mol. The van der Waals surface area contributed by atoms with Crippen molar-refractivity contribution in [2.75, 3.05) is 13.1 Å². The summed E-state index contributed by atoms with van der Waals surface area (Å²) in [4.78, 5) is 54.5. The molecule has 2 aromatic rings. The molecule has 3 rings (SSSR count). The third kappa shape index (κ3) is 7.78. The highest BCUT2D eigenvalue weighted by Gasteiger charge is 2.32. The summed E-state index contributed by atoms with van der Waals surface area (Å²) >= 11 is 0. The smallest absolute Gasteiger partial charge is 0.326 e. The maximum atomic E-state index is 13.6. The normalized spacial score (nSPS) is 17.6. The first-order valence-electron chi connectivity index (χ1n) is 13.3. The highest BCUT2D eigenvalue weighted by Crippen LogP contribution is 2.20. The molecule has 1 fully saturated rings. The third-order valence-corrected chi connectivity index (χ3v) is 6.92. The molecular formula is C27H40N6O5. The predicted molar refractivity (Wildman–Crippen MR) is 144 cm³/mol. The topological polar surface area (TPSA) is 178 Å². The van der Waals surface area contributed by atoms with Gasteiger partial charge in [0.25, 0.3) is 0 Å². The number of carbonyl (C=O) groups excluding carboxylic acids is 3. The molecule has 4 unspecified atom stereocenters. The molecule has 1 aromatic carbocycles. The van der Waals surface area contributed by atoms with Crippen LogP contribution in [0.3, 0.4) is 0 Å². The number of aromatic nitrogens is 1. The van der Waals surface area contributed by atoms with Crippen LogP contribution in [0.1, 0.15) is 51.5 Å². The van der Waals surface area contributed by atoms with Crippen LogP contribution in [-0.2, 0) is 25.6 Å². The van der Waals surface area contributed by atoms with Crippen molar-refractivity contribution in [3.8, 4) is 0 Å². The Kier molecular flexibility index (Phi) is 10.7. The Morgan fingerprint density at radius 1 is 1.05 bits per heavy atom. The first kappa shape index (κ1) is 29.1. The van der Waals surface area contributed by atoms with Gasteiger partial charge in [-0.15, -0.1) is 0 Å². The lowest BCUT2D eigenvalue weighted by atomic mass is 10.0. The van der Waals surface area contributed by atoms with Crippen LogP contribution >= 0.6 is 0 Å². The van der Waals surface area contributed by atoms with Crippen molar-refractivity contribution in [2.45, 2.75) is 76.5 Å². The molecule has 8 N–H and O–H groups in total. The average Bonchev–Trinajstić information content (AvgIpc) is 3.56. The molecule has 1 aromatic heterocycles. The number of carboxylic acids is 1. The molecule has 208 valence electrons. The first-order valence-corrected chi connectivity index (χ1v) is 13.3. The fourth-order valence-electron chi connectivity index (χ4n) is 4.71. The number of aromatic amines is 1. The molecule has 3 amide bonds. The summed E-state index contributed by atoms with van der Waals surface area (Å²) in [5, 5.41) is 21.8. The Bertz CT molecular complexity index is 1110. The van der Waals surface area contributed by atoms with E-state index in [1.54, 1.807) is 13.8 Å². The summed E-state index contributed by atoms with van der Waals surface area (Å²) in [6, 6.07) is 4.31. The van der Waals surface area contributed by atoms with E-state index in [2.05, 4.69) is 26.3 Å². The van der Waals surface area contributed by atoms with Crippen LogP contribution in [0.2, 0.25) is 0 Å². The molecule has 2 heterocycles. The number of aliphatic carboxylic acids is 1. The number of benzene rings is 1. The minimum absolute atomic E-state index is 0.217. The number of unbranched alkanes of at least 4 members (excludes halogenated alkanes) is 1. The number of H-pyrrole nitrogens is 1. The van der Waals surface area contributed by atoms with Gasteiger partial charge in [0.05, 0.1) is 6.04 Å². The quantitative estimate of drug-likeness (QED) is 0.177. The summed E-state index contributed by atoms with van der Waals surface area (Å²) < 4.78 is 0. The fourth-order valence-corrected chi connectivity index (χ4v) is 4.71. The molecule has 0 bridgehead atoms. The van der Waals surface area contributed by atoms with Gasteiger partial charge >= 0.3 is 5.97 Å². The summed E-state index contributed by atoms with van der Waals surface area (Å²) in [6.07, 6.45) is 5.10. The summed E-state index contributed by atoms with van der Waals surface area (Å²) in [7, 11) is 0. The van der Waals surface area contributed by atoms with Gasteiger partial charge in [-0.25, -0.2) is 4.79 Å². The van der Waals surface area contributed by atoms with Crippen LogP contribution in [0.15, 0.2) is 30.5 Å². The maximum absolute atomic E-state index is 13.6. The van der Waals surface area contributed by atoms with Crippen molar-refractivity contribution in [2.24, 2.45) is 11.7 Å². The number of hydrogen-bond acceptors (Lipinski definition) is 6. The van der Waals surface area contributed by atoms with E-state index in [4.69, 9.17) is 5.73 Å². The van der Waals surface area contributed by atoms with Gasteiger partial charge in [0.15, 0.2) is 0 Å². The van der Waals surface area contributed by atoms with E-state index >= 15 is 0 Å². The Balaban J connectivity index is 1.81. The van der Waals surface area contributed by atoms with Crippen molar-refractivity contribution in [3.63, 3.8) is 0 Å². The van der Waals surface area contributed by atoms with Crippen LogP contribution in [0.25, 0.3) is 10.9 Å². The van der Waals surface area contributed by atoms with Crippen molar-refractivity contribution in [1.82, 2.24) is 26.3 Å². The van der Waals surface area contributed by atoms with Gasteiger partial charge < -0.3 is 37.1 Å². The fraction of sp³-hybridized carbons (Fsp3) is 0.556. The number of amides is 3. The van der Waals surface area contributed by atoms with Crippen molar-refractivity contribution < 1.29 is 24.3 Å². The van der Waals surface area contributed by atoms with Gasteiger partial charge in [0, 0.05) is 23.5 Å². The summed E-state index contributed by atoms with van der Waals surface area (Å²) in [5.74, 6) is -2.84. The molecule has 0 spiro atoms. The Hall–Kier alpha value is -3.44. The standard InChI is InChI=1S/C27H40N6O5/c1-16(2)23(27(37)38)33-25(35)21(10-5-6-12-28)31-26(36)22(32-24(34)20-11-7-13-29-20)14-17-15-30-19-9-4-3-8-18(17)19/h3-4,8-9,15-16,20-23,29-30H,5-7,10-14,28H2,1-2H3,(H,31,36)(H,32,34)(H,33,35)(H,37,38). The molecule has 1 saturated heterocycles. The lowest BCUT2D eigenvalue weighted by molar-refractivity contribution is -0.143. The van der Waals surface area contributed by atoms with Crippen LogP contribution in [-0.4, -0.2) is 71.0 Å². The second-order valence-electron chi connectivity index (χ2n) is 10.2. The van der Waals surface area contributed by atoms with E-state index < -0.39 is 35.9 Å². The zero-order valence-electron chi connectivity index (χ0n) is 22.1. The van der Waals surface area contributed by atoms with Gasteiger partial charge in [0.2, 0.25) is 17.7 Å². The molecule has 4 atom stereocenters. The predicted octanol–water partition coefficient (Wildman–Crippen LogP) is 0.786. The lowest BCUT2D eigenvalue weighted by Gasteiger charge is -2.26. The molecule has 11 heteroatoms. The number of para-hydroxylation sites is 1. The number of nitrogens with one attached hydrogen (secondary N) is 5. The summed E-state index contributed by atoms with van der Waals surface area (Å²) in [5.41, 5.74) is 7.39. The number of carbonyl (C=O) groups is 4. The zero-order valence-corrected chi connectivity index (χ0v) is 22.1. The molecule has 1 aliphatic rings. The molecule has 0 saturated carbocycles. The highest BCUT2D eigenvalue weighted by molar-refractivity contribution is 5.95. The van der Waals surface area contributed by atoms with Crippen molar-refractivity contribution >= 4 is 34.6 Å². The molecule has 38 heavy (non-hydrogen) atoms. The van der Waals surface area contributed by atoms with Crippen molar-refractivity contribution in [1.29, 1.82) is 0 Å². The second-order valence-corrected chi connectivity index (χ2v) is 10.2. The molecular weight excluding hydrogens is 488 g/mol. The first-order chi connectivity index (χ1) is 18.2. The number of rotatable bonds is 14. The van der Waals surface area contributed by atoms with Crippen LogP contribution < -0.4 is 27.0 Å². The summed E-state index contributed by atoms with van der Waals surface area (Å²) in [6.45, 7) is 4.57. The van der Waals surface area contributed by atoms with Gasteiger partial charge in [0.1, 0.15) is 18.1 Å². The highest BCUT2D eigenvalue weighted by atomic mass is 16.4. The van der Waals surface area contributed by atoms with Gasteiger partial charge in [-0.05, 0) is 62.7 Å². The van der Waals surface area contributed by atoms with Crippen molar-refractivity contribution in [3.05, 3.63) is 36.0 Å². The number of nitrogens with two attached hydrogens (primary N) is 1. The van der Waals surface area contributed by atoms with Gasteiger partial charge in [-0.3, -0.25) is 14.4 Å². The van der Waals surface area contributed by atoms with Gasteiger partial charge in [-0.1, -0.05) is 32.0 Å². The van der Waals surface area contributed by atoms with Crippen LogP contribution in [0.5, 0.6) is 0 Å². The third-order valence-electron chi connectivity index (χ3n) is 6.92. The minimum Gasteiger partial charge on any atom is -0.480 e. The number of fused-ring (bicyclic) bond motifs is 1. The number of hydrogen-bond donors (Lipinski definition) is 7. The van der Waals surface area contributed by atoms with E-state index in [1.165, 1.54) is 0 Å². The second kappa shape index (κ2) is 13.9. The maximum Gasteiger partial charge on any atom is 0.326 e. The van der Waals surface area contributed by atoms with Crippen LogP contribution in [0.4, 0.5) is 0 Å². The average molecular weight is 529 g/mol. The Labute approximate surface area is 222 Å². The molecule has 1 aliphatic heterocycles. The van der Waals surface area contributed by atoms with Gasteiger partial charge in [-0.2, -0.15) is 0 Å². The largest absolute Gasteiger partial charge is 0.480 e. The molecule has 0 radical (unpaired) electrons. The minimum atomic E-state index is -1.14. The lowest BCUT2D eigenvalue weighted by Crippen LogP contribution is -2.58. The Morgan fingerprint density at radius 3 is 2.45 bits per heavy atom. The van der Waals surface area contributed by atoms with E-state index in [9.17, 15) is 24.3 Å². The Morgan fingerprint density at radius 2 is 1.79 bits per heavy atom. The SMILES string of the molecule is CC(C)C(NC(=O)C(CCCCN)NC(=O)C(Cc1c[nH]c2ccccc12)NC(=O)C1CCCN1)C(=O)O. The molecule has 0 aliphatic carbocycles.